The molecule has 0 bridgehead atoms. The van der Waals surface area contributed by atoms with Crippen LogP contribution in [0.25, 0.3) is 0 Å². The summed E-state index contributed by atoms with van der Waals surface area (Å²) in [7, 11) is 1.36. The van der Waals surface area contributed by atoms with Crippen molar-refractivity contribution in [1.29, 1.82) is 0 Å². The van der Waals surface area contributed by atoms with E-state index in [0.29, 0.717) is 0 Å². The second-order valence-electron chi connectivity index (χ2n) is 5.29. The van der Waals surface area contributed by atoms with Crippen molar-refractivity contribution in [2.45, 2.75) is 38.4 Å². The molecule has 0 aromatic carbocycles. The van der Waals surface area contributed by atoms with Crippen LogP contribution in [0.3, 0.4) is 0 Å². The lowest BCUT2D eigenvalue weighted by atomic mass is 10.1. The third-order valence-corrected chi connectivity index (χ3v) is 4.07. The molecule has 1 saturated heterocycles. The van der Waals surface area contributed by atoms with Crippen molar-refractivity contribution in [2.75, 3.05) is 13.7 Å². The average Bonchev–Trinajstić information content (AvgIpc) is 2.85. The van der Waals surface area contributed by atoms with E-state index in [4.69, 9.17) is 18.9 Å². The van der Waals surface area contributed by atoms with Gasteiger partial charge in [-0.1, -0.05) is 0 Å². The quantitative estimate of drug-likeness (QED) is 0.643. The topological polar surface area (TPSA) is 126 Å². The van der Waals surface area contributed by atoms with Gasteiger partial charge in [0.25, 0.3) is 5.56 Å². The maximum atomic E-state index is 12.1. The molecule has 25 heavy (non-hydrogen) atoms. The Morgan fingerprint density at radius 2 is 1.96 bits per heavy atom. The normalized spacial score (nSPS) is 25.6. The van der Waals surface area contributed by atoms with E-state index in [9.17, 15) is 19.2 Å². The van der Waals surface area contributed by atoms with Gasteiger partial charge in [0.1, 0.15) is 18.8 Å². The maximum absolute atomic E-state index is 12.1. The molecule has 2 heterocycles. The van der Waals surface area contributed by atoms with Gasteiger partial charge in [-0.15, -0.1) is 0 Å². The number of H-pyrrole nitrogens is 1. The molecule has 11 heteroatoms. The molecule has 2 rings (SSSR count). The Bertz CT molecular complexity index is 773. The summed E-state index contributed by atoms with van der Waals surface area (Å²) in [6.45, 7) is 2.25. The summed E-state index contributed by atoms with van der Waals surface area (Å²) in [6, 6.07) is 0. The number of nitrogens with zero attached hydrogens (tertiary/aromatic N) is 1. The molecule has 0 aliphatic carbocycles. The first-order valence-corrected chi connectivity index (χ1v) is 8.03. The predicted molar refractivity (Wildman–Crippen MR) is 85.9 cm³/mol. The third kappa shape index (κ3) is 4.35. The highest BCUT2D eigenvalue weighted by atomic mass is 79.9. The van der Waals surface area contributed by atoms with E-state index in [2.05, 4.69) is 20.9 Å². The first-order valence-electron chi connectivity index (χ1n) is 7.24. The third-order valence-electron chi connectivity index (χ3n) is 3.51. The molecule has 0 radical (unpaired) electrons. The van der Waals surface area contributed by atoms with Crippen molar-refractivity contribution in [3.05, 3.63) is 31.5 Å². The van der Waals surface area contributed by atoms with Crippen LogP contribution in [0.15, 0.2) is 20.3 Å². The molecule has 10 nitrogen and oxygen atoms in total. The standard InChI is InChI=1S/C14H17BrN2O8/c1-6(18)23-5-9-10(24-7(2)19)11(22-3)13(25-9)17-4-8(15)12(20)16-14(17)21/h4,9-11,13H,5H2,1-3H3,(H,16,20,21)/t9?,10-,11-,13?/m1/s1. The number of hydrogen-bond acceptors (Lipinski definition) is 8. The van der Waals surface area contributed by atoms with Crippen molar-refractivity contribution < 1.29 is 28.5 Å². The molecule has 1 aliphatic heterocycles. The minimum absolute atomic E-state index is 0.109. The van der Waals surface area contributed by atoms with Crippen LogP contribution in [-0.2, 0) is 28.5 Å². The van der Waals surface area contributed by atoms with Crippen molar-refractivity contribution in [1.82, 2.24) is 9.55 Å². The Balaban J connectivity index is 2.39. The second kappa shape index (κ2) is 7.93. The monoisotopic (exact) mass is 420 g/mol. The Morgan fingerprint density at radius 1 is 1.28 bits per heavy atom. The highest BCUT2D eigenvalue weighted by molar-refractivity contribution is 9.10. The number of halogens is 1. The summed E-state index contributed by atoms with van der Waals surface area (Å²) in [5.41, 5.74) is -1.32. The van der Waals surface area contributed by atoms with Crippen molar-refractivity contribution in [3.8, 4) is 0 Å². The van der Waals surface area contributed by atoms with Gasteiger partial charge in [0.05, 0.1) is 4.47 Å². The van der Waals surface area contributed by atoms with Crippen LogP contribution in [0.2, 0.25) is 0 Å². The van der Waals surface area contributed by atoms with Gasteiger partial charge >= 0.3 is 17.6 Å². The van der Waals surface area contributed by atoms with Crippen molar-refractivity contribution in [3.63, 3.8) is 0 Å². The number of rotatable bonds is 5. The van der Waals surface area contributed by atoms with Crippen LogP contribution in [-0.4, -0.2) is 53.5 Å². The fourth-order valence-electron chi connectivity index (χ4n) is 2.50. The fraction of sp³-hybridized carbons (Fsp3) is 0.571. The molecule has 0 amide bonds. The molecule has 1 N–H and O–H groups in total. The number of aromatic amines is 1. The minimum atomic E-state index is -1.00. The zero-order valence-electron chi connectivity index (χ0n) is 13.7. The number of hydrogen-bond donors (Lipinski definition) is 1. The van der Waals surface area contributed by atoms with E-state index in [0.717, 1.165) is 4.57 Å². The zero-order chi connectivity index (χ0) is 18.7. The number of carbonyl (C=O) groups is 2. The van der Waals surface area contributed by atoms with E-state index < -0.39 is 47.7 Å². The van der Waals surface area contributed by atoms with Gasteiger partial charge in [0.2, 0.25) is 0 Å². The summed E-state index contributed by atoms with van der Waals surface area (Å²) in [4.78, 5) is 48.2. The number of aromatic nitrogens is 2. The molecule has 4 atom stereocenters. The zero-order valence-corrected chi connectivity index (χ0v) is 15.3. The highest BCUT2D eigenvalue weighted by Crippen LogP contribution is 2.33. The number of carbonyl (C=O) groups excluding carboxylic acids is 2. The smallest absolute Gasteiger partial charge is 0.330 e. The average molecular weight is 421 g/mol. The number of nitrogens with one attached hydrogen (secondary N) is 1. The van der Waals surface area contributed by atoms with Crippen LogP contribution in [0.1, 0.15) is 20.1 Å². The van der Waals surface area contributed by atoms with Crippen LogP contribution in [0.4, 0.5) is 0 Å². The van der Waals surface area contributed by atoms with Gasteiger partial charge in [0, 0.05) is 27.2 Å². The largest absolute Gasteiger partial charge is 0.463 e. The van der Waals surface area contributed by atoms with Crippen LogP contribution in [0, 0.1) is 0 Å². The molecule has 0 saturated carbocycles. The molecule has 1 aromatic heterocycles. The van der Waals surface area contributed by atoms with Crippen LogP contribution < -0.4 is 11.2 Å². The lowest BCUT2D eigenvalue weighted by molar-refractivity contribution is -0.157. The SMILES string of the molecule is CO[C@H]1C(n2cc(Br)c(=O)[nH]c2=O)OC(COC(C)=O)[C@H]1OC(C)=O. The molecule has 1 aromatic rings. The van der Waals surface area contributed by atoms with E-state index in [1.807, 2.05) is 0 Å². The lowest BCUT2D eigenvalue weighted by Crippen LogP contribution is -2.41. The molecular weight excluding hydrogens is 404 g/mol. The summed E-state index contributed by atoms with van der Waals surface area (Å²) in [5, 5.41) is 0. The van der Waals surface area contributed by atoms with Crippen molar-refractivity contribution >= 4 is 27.9 Å². The number of ether oxygens (including phenoxy) is 4. The van der Waals surface area contributed by atoms with Gasteiger partial charge in [-0.3, -0.25) is 23.9 Å². The molecule has 1 fully saturated rings. The molecule has 2 unspecified atom stereocenters. The van der Waals surface area contributed by atoms with Gasteiger partial charge in [-0.25, -0.2) is 4.79 Å². The van der Waals surface area contributed by atoms with Gasteiger partial charge in [0.15, 0.2) is 12.3 Å². The van der Waals surface area contributed by atoms with E-state index in [-0.39, 0.29) is 11.1 Å². The molecule has 1 aliphatic rings. The number of methoxy groups -OCH3 is 1. The van der Waals surface area contributed by atoms with Crippen LogP contribution in [0.5, 0.6) is 0 Å². The first kappa shape index (κ1) is 19.3. The summed E-state index contributed by atoms with van der Waals surface area (Å²) >= 11 is 3.03. The summed E-state index contributed by atoms with van der Waals surface area (Å²) < 4.78 is 22.4. The van der Waals surface area contributed by atoms with Crippen molar-refractivity contribution in [2.24, 2.45) is 0 Å². The second-order valence-corrected chi connectivity index (χ2v) is 6.14. The summed E-state index contributed by atoms with van der Waals surface area (Å²) in [6.07, 6.45) is -2.38. The summed E-state index contributed by atoms with van der Waals surface area (Å²) in [5.74, 6) is -1.12. The van der Waals surface area contributed by atoms with Gasteiger partial charge in [-0.05, 0) is 15.9 Å². The maximum Gasteiger partial charge on any atom is 0.330 e. The van der Waals surface area contributed by atoms with E-state index in [1.165, 1.54) is 27.2 Å². The Labute approximate surface area is 150 Å². The Kier molecular flexibility index (Phi) is 6.14. The highest BCUT2D eigenvalue weighted by Gasteiger charge is 2.49. The van der Waals surface area contributed by atoms with E-state index >= 15 is 0 Å². The van der Waals surface area contributed by atoms with Gasteiger partial charge < -0.3 is 18.9 Å². The Morgan fingerprint density at radius 3 is 2.52 bits per heavy atom. The molecular formula is C14H17BrN2O8. The fourth-order valence-corrected chi connectivity index (χ4v) is 2.82. The molecule has 0 spiro atoms. The van der Waals surface area contributed by atoms with Crippen LogP contribution >= 0.6 is 15.9 Å². The van der Waals surface area contributed by atoms with E-state index in [1.54, 1.807) is 0 Å². The molecule has 138 valence electrons. The van der Waals surface area contributed by atoms with Gasteiger partial charge in [-0.2, -0.15) is 0 Å². The predicted octanol–water partition coefficient (Wildman–Crippen LogP) is -0.294. The number of esters is 2. The first-order chi connectivity index (χ1) is 11.7. The minimum Gasteiger partial charge on any atom is -0.463 e. The Hall–Kier alpha value is -1.98. The lowest BCUT2D eigenvalue weighted by Gasteiger charge is -2.23.